The Morgan fingerprint density at radius 2 is 1.94 bits per heavy atom. The molecule has 16 heavy (non-hydrogen) atoms. The summed E-state index contributed by atoms with van der Waals surface area (Å²) in [5.74, 6) is 1.64. The Morgan fingerprint density at radius 3 is 2.44 bits per heavy atom. The normalized spacial score (nSPS) is 9.94. The number of aldehydes is 1. The van der Waals surface area contributed by atoms with Crippen molar-refractivity contribution in [1.29, 1.82) is 0 Å². The van der Waals surface area contributed by atoms with Crippen molar-refractivity contribution in [3.8, 4) is 11.5 Å². The van der Waals surface area contributed by atoms with Crippen molar-refractivity contribution in [1.82, 2.24) is 0 Å². The van der Waals surface area contributed by atoms with Crippen molar-refractivity contribution < 1.29 is 14.3 Å². The lowest BCUT2D eigenvalue weighted by atomic mass is 10.1. The van der Waals surface area contributed by atoms with E-state index < -0.39 is 0 Å². The molecule has 1 aromatic rings. The van der Waals surface area contributed by atoms with Crippen molar-refractivity contribution in [3.05, 3.63) is 17.7 Å². The van der Waals surface area contributed by atoms with Gasteiger partial charge in [-0.25, -0.2) is 0 Å². The summed E-state index contributed by atoms with van der Waals surface area (Å²) in [7, 11) is 3.28. The van der Waals surface area contributed by atoms with E-state index in [0.29, 0.717) is 12.8 Å². The lowest BCUT2D eigenvalue weighted by molar-refractivity contribution is -0.107. The molecule has 0 saturated carbocycles. The van der Waals surface area contributed by atoms with Crippen molar-refractivity contribution >= 4 is 18.0 Å². The second kappa shape index (κ2) is 6.43. The van der Waals surface area contributed by atoms with Gasteiger partial charge in [-0.15, -0.1) is 11.8 Å². The van der Waals surface area contributed by atoms with Gasteiger partial charge in [0.05, 0.1) is 19.1 Å². The van der Waals surface area contributed by atoms with Gasteiger partial charge in [0.15, 0.2) is 0 Å². The Bertz CT molecular complexity index is 364. The second-order valence-corrected chi connectivity index (χ2v) is 4.07. The largest absolute Gasteiger partial charge is 0.496 e. The topological polar surface area (TPSA) is 35.5 Å². The highest BCUT2D eigenvalue weighted by Gasteiger charge is 2.10. The van der Waals surface area contributed by atoms with Crippen LogP contribution in [0, 0.1) is 0 Å². The molecule has 0 aliphatic rings. The summed E-state index contributed by atoms with van der Waals surface area (Å²) in [6.07, 6.45) is 4.08. The summed E-state index contributed by atoms with van der Waals surface area (Å²) in [4.78, 5) is 11.4. The third-order valence-electron chi connectivity index (χ3n) is 2.32. The molecule has 88 valence electrons. The molecule has 3 nitrogen and oxygen atoms in total. The highest BCUT2D eigenvalue weighted by molar-refractivity contribution is 7.98. The number of aryl methyl sites for hydroxylation is 1. The van der Waals surface area contributed by atoms with E-state index in [1.54, 1.807) is 26.0 Å². The maximum absolute atomic E-state index is 10.4. The number of rotatable bonds is 6. The summed E-state index contributed by atoms with van der Waals surface area (Å²) in [5, 5.41) is 0. The number of hydrogen-bond acceptors (Lipinski definition) is 4. The fourth-order valence-corrected chi connectivity index (χ4v) is 2.07. The number of ether oxygens (including phenoxy) is 2. The van der Waals surface area contributed by atoms with E-state index in [2.05, 4.69) is 0 Å². The molecule has 0 unspecified atom stereocenters. The SMILES string of the molecule is COc1cc(SC)c(OC)cc1CCC=O. The van der Waals surface area contributed by atoms with Crippen LogP contribution in [-0.2, 0) is 11.2 Å². The Kier molecular flexibility index (Phi) is 5.19. The average Bonchev–Trinajstić information content (AvgIpc) is 2.35. The molecule has 0 spiro atoms. The Morgan fingerprint density at radius 1 is 1.25 bits per heavy atom. The third-order valence-corrected chi connectivity index (χ3v) is 3.08. The molecule has 4 heteroatoms. The molecule has 0 fully saturated rings. The number of carbonyl (C=O) groups excluding carboxylic acids is 1. The van der Waals surface area contributed by atoms with Crippen molar-refractivity contribution in [2.24, 2.45) is 0 Å². The van der Waals surface area contributed by atoms with Gasteiger partial charge in [-0.3, -0.25) is 0 Å². The number of hydrogen-bond donors (Lipinski definition) is 0. The monoisotopic (exact) mass is 240 g/mol. The van der Waals surface area contributed by atoms with Crippen LogP contribution < -0.4 is 9.47 Å². The highest BCUT2D eigenvalue weighted by atomic mass is 32.2. The maximum atomic E-state index is 10.4. The molecule has 0 radical (unpaired) electrons. The molecule has 1 rings (SSSR count). The lowest BCUT2D eigenvalue weighted by Crippen LogP contribution is -1.96. The van der Waals surface area contributed by atoms with Crippen LogP contribution in [0.2, 0.25) is 0 Å². The number of carbonyl (C=O) groups is 1. The van der Waals surface area contributed by atoms with Crippen LogP contribution in [0.25, 0.3) is 0 Å². The minimum atomic E-state index is 0.498. The third kappa shape index (κ3) is 2.92. The van der Waals surface area contributed by atoms with Crippen molar-refractivity contribution in [2.75, 3.05) is 20.5 Å². The first-order valence-electron chi connectivity index (χ1n) is 4.99. The molecule has 0 amide bonds. The lowest BCUT2D eigenvalue weighted by Gasteiger charge is -2.13. The van der Waals surface area contributed by atoms with Gasteiger partial charge in [-0.05, 0) is 30.4 Å². The van der Waals surface area contributed by atoms with Crippen LogP contribution in [0.1, 0.15) is 12.0 Å². The van der Waals surface area contributed by atoms with Crippen LogP contribution in [0.15, 0.2) is 17.0 Å². The summed E-state index contributed by atoms with van der Waals surface area (Å²) >= 11 is 1.61. The van der Waals surface area contributed by atoms with Gasteiger partial charge in [0, 0.05) is 6.42 Å². The predicted molar refractivity (Wildman–Crippen MR) is 65.7 cm³/mol. The highest BCUT2D eigenvalue weighted by Crippen LogP contribution is 2.34. The van der Waals surface area contributed by atoms with E-state index in [1.165, 1.54) is 0 Å². The summed E-state index contributed by atoms with van der Waals surface area (Å²) < 4.78 is 10.6. The smallest absolute Gasteiger partial charge is 0.132 e. The minimum absolute atomic E-state index is 0.498. The molecule has 1 aromatic carbocycles. The van der Waals surface area contributed by atoms with E-state index >= 15 is 0 Å². The fourth-order valence-electron chi connectivity index (χ4n) is 1.50. The Balaban J connectivity index is 3.09. The van der Waals surface area contributed by atoms with E-state index in [4.69, 9.17) is 9.47 Å². The maximum Gasteiger partial charge on any atom is 0.132 e. The van der Waals surface area contributed by atoms with Crippen molar-refractivity contribution in [3.63, 3.8) is 0 Å². The summed E-state index contributed by atoms with van der Waals surface area (Å²) in [5.41, 5.74) is 1.00. The molecular weight excluding hydrogens is 224 g/mol. The number of benzene rings is 1. The standard InChI is InChI=1S/C12H16O3S/c1-14-10-8-12(16-3)11(15-2)7-9(10)5-4-6-13/h6-8H,4-5H2,1-3H3. The first-order valence-corrected chi connectivity index (χ1v) is 6.21. The van der Waals surface area contributed by atoms with Crippen molar-refractivity contribution in [2.45, 2.75) is 17.7 Å². The molecular formula is C12H16O3S. The summed E-state index contributed by atoms with van der Waals surface area (Å²) in [6.45, 7) is 0. The number of thioether (sulfide) groups is 1. The predicted octanol–water partition coefficient (Wildman–Crippen LogP) is 2.56. The summed E-state index contributed by atoms with van der Waals surface area (Å²) in [6, 6.07) is 3.89. The molecule has 0 heterocycles. The van der Waals surface area contributed by atoms with Crippen LogP contribution in [0.3, 0.4) is 0 Å². The zero-order valence-corrected chi connectivity index (χ0v) is 10.6. The number of methoxy groups -OCH3 is 2. The molecule has 0 bridgehead atoms. The first-order chi connectivity index (χ1) is 7.76. The van der Waals surface area contributed by atoms with Gasteiger partial charge in [0.25, 0.3) is 0 Å². The second-order valence-electron chi connectivity index (χ2n) is 3.22. The zero-order chi connectivity index (χ0) is 12.0. The van der Waals surface area contributed by atoms with Crippen LogP contribution in [0.4, 0.5) is 0 Å². The van der Waals surface area contributed by atoms with Gasteiger partial charge in [0.2, 0.25) is 0 Å². The van der Waals surface area contributed by atoms with E-state index in [-0.39, 0.29) is 0 Å². The van der Waals surface area contributed by atoms with Gasteiger partial charge >= 0.3 is 0 Å². The first kappa shape index (κ1) is 12.9. The Hall–Kier alpha value is -1.16. The molecule has 0 atom stereocenters. The quantitative estimate of drug-likeness (QED) is 0.565. The molecule has 0 aromatic heterocycles. The zero-order valence-electron chi connectivity index (χ0n) is 9.78. The minimum Gasteiger partial charge on any atom is -0.496 e. The van der Waals surface area contributed by atoms with Crippen LogP contribution in [-0.4, -0.2) is 26.8 Å². The molecule has 0 aliphatic heterocycles. The van der Waals surface area contributed by atoms with Gasteiger partial charge in [-0.1, -0.05) is 0 Å². The van der Waals surface area contributed by atoms with Gasteiger partial charge < -0.3 is 14.3 Å². The molecule has 0 saturated heterocycles. The fraction of sp³-hybridized carbons (Fsp3) is 0.417. The van der Waals surface area contributed by atoms with E-state index in [9.17, 15) is 4.79 Å². The van der Waals surface area contributed by atoms with Gasteiger partial charge in [-0.2, -0.15) is 0 Å². The average molecular weight is 240 g/mol. The van der Waals surface area contributed by atoms with Crippen LogP contribution in [0.5, 0.6) is 11.5 Å². The van der Waals surface area contributed by atoms with E-state index in [1.807, 2.05) is 18.4 Å². The Labute approximate surface area is 100 Å². The molecule has 0 N–H and O–H groups in total. The van der Waals surface area contributed by atoms with Gasteiger partial charge in [0.1, 0.15) is 17.8 Å². The van der Waals surface area contributed by atoms with Crippen LogP contribution >= 0.6 is 11.8 Å². The molecule has 0 aliphatic carbocycles. The van der Waals surface area contributed by atoms with E-state index in [0.717, 1.165) is 28.2 Å².